The molecule has 2 unspecified atom stereocenters. The van der Waals surface area contributed by atoms with Crippen molar-refractivity contribution < 1.29 is 61.4 Å². The maximum absolute atomic E-state index is 12.0. The van der Waals surface area contributed by atoms with Crippen LogP contribution in [0.2, 0.25) is 0 Å². The normalized spacial score (nSPS) is 20.4. The molecular formula is C13H20F9N4O4S2+. The third kappa shape index (κ3) is 6.40. The molecule has 2 N–H and O–H groups in total. The Balaban J connectivity index is 0.000000726. The molecule has 0 aromatic carbocycles. The number of rotatable bonds is 4. The number of halogens is 9. The van der Waals surface area contributed by atoms with E-state index in [1.165, 1.54) is 18.7 Å². The zero-order valence-corrected chi connectivity index (χ0v) is 18.4. The molecule has 32 heavy (non-hydrogen) atoms. The quantitative estimate of drug-likeness (QED) is 0.328. The lowest BCUT2D eigenvalue weighted by molar-refractivity contribution is -1.01. The maximum atomic E-state index is 12.0. The second kappa shape index (κ2) is 9.62. The van der Waals surface area contributed by atoms with E-state index < -0.39 is 46.8 Å². The molecule has 19 heteroatoms. The zero-order valence-electron chi connectivity index (χ0n) is 16.8. The van der Waals surface area contributed by atoms with E-state index in [4.69, 9.17) is 5.41 Å². The van der Waals surface area contributed by atoms with Gasteiger partial charge in [0.2, 0.25) is 5.84 Å². The van der Waals surface area contributed by atoms with Crippen molar-refractivity contribution in [1.29, 1.82) is 5.41 Å². The number of hydrogen-bond donors (Lipinski definition) is 2. The first kappa shape index (κ1) is 30.2. The Labute approximate surface area is 177 Å². The van der Waals surface area contributed by atoms with Crippen LogP contribution < -0.4 is 5.01 Å². The highest BCUT2D eigenvalue weighted by Crippen LogP contribution is 2.37. The van der Waals surface area contributed by atoms with E-state index >= 15 is 0 Å². The number of nitrogens with one attached hydrogen (secondary N) is 2. The van der Waals surface area contributed by atoms with Crippen molar-refractivity contribution in [3.8, 4) is 0 Å². The van der Waals surface area contributed by atoms with Gasteiger partial charge in [0.1, 0.15) is 6.04 Å². The highest BCUT2D eigenvalue weighted by atomic mass is 32.3. The average Bonchev–Trinajstić information content (AvgIpc) is 2.78. The Morgan fingerprint density at radius 2 is 1.41 bits per heavy atom. The van der Waals surface area contributed by atoms with E-state index in [1.54, 1.807) is 5.01 Å². The summed E-state index contributed by atoms with van der Waals surface area (Å²) < 4.78 is 148. The van der Waals surface area contributed by atoms with Crippen LogP contribution in [0.5, 0.6) is 0 Å². The topological polar surface area (TPSA) is 103 Å². The Bertz CT molecular complexity index is 881. The van der Waals surface area contributed by atoms with E-state index in [0.717, 1.165) is 0 Å². The second-order valence-corrected chi connectivity index (χ2v) is 10.1. The van der Waals surface area contributed by atoms with Crippen molar-refractivity contribution >= 4 is 25.9 Å². The van der Waals surface area contributed by atoms with Gasteiger partial charge in [-0.05, 0) is 26.3 Å². The maximum Gasteiger partial charge on any atom is 0.517 e. The third-order valence-electron chi connectivity index (χ3n) is 3.96. The van der Waals surface area contributed by atoms with Gasteiger partial charge in [0.05, 0.1) is 19.3 Å². The first-order valence-corrected chi connectivity index (χ1v) is 11.2. The summed E-state index contributed by atoms with van der Waals surface area (Å²) in [5.74, 6) is -3.89. The lowest BCUT2D eigenvalue weighted by Gasteiger charge is -2.26. The number of amidine groups is 1. The molecular weight excluding hydrogens is 511 g/mol. The molecule has 0 radical (unpaired) electrons. The minimum atomic E-state index is -7.68. The second-order valence-electron chi connectivity index (χ2n) is 6.34. The minimum absolute atomic E-state index is 0.667. The van der Waals surface area contributed by atoms with Crippen molar-refractivity contribution in [3.05, 3.63) is 11.8 Å². The summed E-state index contributed by atoms with van der Waals surface area (Å²) in [5.41, 5.74) is -12.3. The fourth-order valence-corrected chi connectivity index (χ4v) is 5.02. The zero-order chi connectivity index (χ0) is 26.1. The fourth-order valence-electron chi connectivity index (χ4n) is 2.41. The molecule has 1 aliphatic heterocycles. The number of alkyl halides is 9. The molecule has 0 spiro atoms. The molecule has 2 atom stereocenters. The number of hydrogen-bond acceptors (Lipinski definition) is 6. The molecule has 0 aliphatic carbocycles. The summed E-state index contributed by atoms with van der Waals surface area (Å²) >= 11 is 0. The number of nitrogens with zero attached hydrogens (tertiary/aromatic N) is 2. The first-order valence-electron chi connectivity index (χ1n) is 8.31. The molecule has 0 aromatic rings. The average molecular weight is 531 g/mol. The number of sulfonamides is 2. The lowest BCUT2D eigenvalue weighted by atomic mass is 10.3. The van der Waals surface area contributed by atoms with E-state index in [-0.39, 0.29) is 0 Å². The molecule has 0 aromatic heterocycles. The molecule has 1 heterocycles. The predicted molar refractivity (Wildman–Crippen MR) is 92.7 cm³/mol. The van der Waals surface area contributed by atoms with Gasteiger partial charge < -0.3 is 0 Å². The van der Waals surface area contributed by atoms with Gasteiger partial charge in [-0.2, -0.15) is 56.3 Å². The fraction of sp³-hybridized carbons (Fsp3) is 0.769. The number of allylic oxidation sites excluding steroid dienone is 1. The summed E-state index contributed by atoms with van der Waals surface area (Å²) in [6.45, 7) is 7.93. The van der Waals surface area contributed by atoms with Crippen LogP contribution in [0.3, 0.4) is 0 Å². The standard InChI is InChI=1S/C9H18N2.C4HF9N2O4S2/c1-5-6-11-9(3)7-8(2)10(11)4;5-2(6,7)1(14)15(20(16,17)3(8,9)10)21(18,19)4(11,12)13/h7,9H,5-6H2,1-4H3;14H/p+1. The van der Waals surface area contributed by atoms with E-state index in [9.17, 15) is 56.3 Å². The largest absolute Gasteiger partial charge is 0.517 e. The van der Waals surface area contributed by atoms with Gasteiger partial charge in [0.15, 0.2) is 0 Å². The van der Waals surface area contributed by atoms with Crippen LogP contribution in [-0.4, -0.2) is 68.2 Å². The first-order chi connectivity index (χ1) is 13.9. The van der Waals surface area contributed by atoms with Gasteiger partial charge in [-0.3, -0.25) is 5.41 Å². The molecule has 0 bridgehead atoms. The van der Waals surface area contributed by atoms with Gasteiger partial charge in [0.25, 0.3) is 0 Å². The highest BCUT2D eigenvalue weighted by molar-refractivity contribution is 8.05. The summed E-state index contributed by atoms with van der Waals surface area (Å²) in [4.78, 5) is 0. The van der Waals surface area contributed by atoms with Crippen LogP contribution in [0.15, 0.2) is 11.8 Å². The molecule has 1 aliphatic rings. The van der Waals surface area contributed by atoms with Crippen LogP contribution in [0.1, 0.15) is 27.2 Å². The van der Waals surface area contributed by atoms with E-state index in [1.807, 2.05) is 0 Å². The SMILES string of the molecule is CCC[NH+]1C(C)C=C(C)N1C.N=C(N(S(=O)(=O)C(F)(F)F)S(=O)(=O)C(F)(F)F)C(F)(F)F. The minimum Gasteiger partial charge on any atom is -0.279 e. The molecule has 8 nitrogen and oxygen atoms in total. The van der Waals surface area contributed by atoms with Crippen LogP contribution in [0, 0.1) is 5.41 Å². The molecule has 0 saturated carbocycles. The molecule has 1 rings (SSSR count). The predicted octanol–water partition coefficient (Wildman–Crippen LogP) is 1.96. The molecule has 0 saturated heterocycles. The lowest BCUT2D eigenvalue weighted by Crippen LogP contribution is -3.18. The number of quaternary nitrogens is 1. The van der Waals surface area contributed by atoms with Crippen molar-refractivity contribution in [2.45, 2.75) is 50.4 Å². The Morgan fingerprint density at radius 1 is 1.03 bits per heavy atom. The van der Waals surface area contributed by atoms with Crippen molar-refractivity contribution in [2.24, 2.45) is 0 Å². The Morgan fingerprint density at radius 3 is 1.62 bits per heavy atom. The molecule has 190 valence electrons. The summed E-state index contributed by atoms with van der Waals surface area (Å²) in [7, 11) is -13.2. The van der Waals surface area contributed by atoms with Crippen LogP contribution >= 0.6 is 0 Å². The van der Waals surface area contributed by atoms with Crippen LogP contribution in [0.4, 0.5) is 39.5 Å². The van der Waals surface area contributed by atoms with Crippen molar-refractivity contribution in [1.82, 2.24) is 8.72 Å². The molecule has 0 amide bonds. The van der Waals surface area contributed by atoms with Gasteiger partial charge in [-0.1, -0.05) is 6.92 Å². The summed E-state index contributed by atoms with van der Waals surface area (Å²) in [5, 5.41) is 9.91. The van der Waals surface area contributed by atoms with E-state index in [2.05, 4.69) is 38.9 Å². The van der Waals surface area contributed by atoms with Crippen molar-refractivity contribution in [2.75, 3.05) is 13.6 Å². The highest BCUT2D eigenvalue weighted by Gasteiger charge is 2.65. The Kier molecular flexibility index (Phi) is 9.09. The summed E-state index contributed by atoms with van der Waals surface area (Å²) in [6.07, 6.45) is -2.83. The van der Waals surface area contributed by atoms with E-state index in [0.29, 0.717) is 6.04 Å². The Hall–Kier alpha value is -1.76. The van der Waals surface area contributed by atoms with Crippen LogP contribution in [-0.2, 0) is 20.0 Å². The smallest absolute Gasteiger partial charge is 0.279 e. The van der Waals surface area contributed by atoms with Crippen molar-refractivity contribution in [3.63, 3.8) is 0 Å². The molecule has 0 fully saturated rings. The van der Waals surface area contributed by atoms with Gasteiger partial charge in [-0.25, -0.2) is 10.0 Å². The monoisotopic (exact) mass is 531 g/mol. The van der Waals surface area contributed by atoms with Gasteiger partial charge >= 0.3 is 37.2 Å². The third-order valence-corrected chi connectivity index (χ3v) is 7.54. The van der Waals surface area contributed by atoms with Gasteiger partial charge in [-0.15, -0.1) is 3.71 Å². The van der Waals surface area contributed by atoms with Gasteiger partial charge in [0, 0.05) is 0 Å². The summed E-state index contributed by atoms with van der Waals surface area (Å²) in [6, 6.07) is 0.667. The van der Waals surface area contributed by atoms with Crippen LogP contribution in [0.25, 0.3) is 0 Å².